The third-order valence-electron chi connectivity index (χ3n) is 4.35. The van der Waals surface area contributed by atoms with Gasteiger partial charge in [0.15, 0.2) is 6.29 Å². The summed E-state index contributed by atoms with van der Waals surface area (Å²) in [4.78, 5) is 24.4. The van der Waals surface area contributed by atoms with Crippen LogP contribution < -0.4 is 14.9 Å². The van der Waals surface area contributed by atoms with Crippen molar-refractivity contribution in [1.29, 1.82) is 0 Å². The van der Waals surface area contributed by atoms with Crippen LogP contribution >= 0.6 is 11.6 Å². The van der Waals surface area contributed by atoms with Crippen molar-refractivity contribution in [1.82, 2.24) is 15.0 Å². The Labute approximate surface area is 185 Å². The minimum absolute atomic E-state index is 0.295. The maximum atomic E-state index is 12.0. The number of hydrogen-bond acceptors (Lipinski definition) is 8. The van der Waals surface area contributed by atoms with Crippen molar-refractivity contribution in [2.75, 3.05) is 28.2 Å². The molecule has 0 radical (unpaired) electrons. The van der Waals surface area contributed by atoms with Crippen LogP contribution in [0.2, 0.25) is 5.02 Å². The number of pyridine rings is 1. The van der Waals surface area contributed by atoms with E-state index in [9.17, 15) is 13.2 Å². The Balaban J connectivity index is 2.00. The Morgan fingerprint density at radius 3 is 2.42 bits per heavy atom. The predicted molar refractivity (Wildman–Crippen MR) is 122 cm³/mol. The van der Waals surface area contributed by atoms with E-state index in [-0.39, 0.29) is 0 Å². The van der Waals surface area contributed by atoms with E-state index < -0.39 is 10.0 Å². The van der Waals surface area contributed by atoms with Gasteiger partial charge in [0.25, 0.3) is 0 Å². The largest absolute Gasteiger partial charge is 0.353 e. The number of carbonyl (C=O) groups excluding carboxylic acids is 1. The van der Waals surface area contributed by atoms with Gasteiger partial charge in [-0.15, -0.1) is 0 Å². The van der Waals surface area contributed by atoms with Gasteiger partial charge < -0.3 is 10.6 Å². The van der Waals surface area contributed by atoms with Gasteiger partial charge in [0, 0.05) is 36.1 Å². The van der Waals surface area contributed by atoms with Crippen LogP contribution in [0.3, 0.4) is 0 Å². The minimum Gasteiger partial charge on any atom is -0.353 e. The molecule has 162 valence electrons. The van der Waals surface area contributed by atoms with E-state index in [1.807, 2.05) is 6.92 Å². The first-order chi connectivity index (χ1) is 14.6. The van der Waals surface area contributed by atoms with Crippen molar-refractivity contribution < 1.29 is 13.2 Å². The summed E-state index contributed by atoms with van der Waals surface area (Å²) < 4.78 is 25.2. The van der Waals surface area contributed by atoms with Gasteiger partial charge in [-0.3, -0.25) is 9.10 Å². The van der Waals surface area contributed by atoms with Crippen LogP contribution in [0.25, 0.3) is 0 Å². The Morgan fingerprint density at radius 2 is 1.77 bits per heavy atom. The molecule has 0 atom stereocenters. The van der Waals surface area contributed by atoms with Gasteiger partial charge in [0.1, 0.15) is 17.5 Å². The van der Waals surface area contributed by atoms with Crippen molar-refractivity contribution in [3.8, 4) is 0 Å². The molecule has 11 heteroatoms. The molecule has 31 heavy (non-hydrogen) atoms. The molecule has 2 N–H and O–H groups in total. The van der Waals surface area contributed by atoms with Gasteiger partial charge in [0.05, 0.1) is 28.9 Å². The molecule has 3 rings (SSSR count). The maximum Gasteiger partial charge on any atom is 0.232 e. The predicted octanol–water partition coefficient (Wildman–Crippen LogP) is 3.84. The molecule has 0 saturated carbocycles. The summed E-state index contributed by atoms with van der Waals surface area (Å²) in [5.41, 5.74) is 2.31. The lowest BCUT2D eigenvalue weighted by Gasteiger charge is -2.22. The van der Waals surface area contributed by atoms with Crippen molar-refractivity contribution >= 4 is 56.6 Å². The fraction of sp³-hybridized carbons (Fsp3) is 0.200. The van der Waals surface area contributed by atoms with E-state index in [2.05, 4.69) is 25.6 Å². The molecule has 0 amide bonds. The molecular weight excluding hydrogens is 440 g/mol. The molecular formula is C20H21ClN6O3S. The van der Waals surface area contributed by atoms with Crippen LogP contribution in [0, 0.1) is 13.8 Å². The highest BCUT2D eigenvalue weighted by Crippen LogP contribution is 2.33. The second-order valence-electron chi connectivity index (χ2n) is 6.86. The summed E-state index contributed by atoms with van der Waals surface area (Å²) in [6, 6.07) is 8.19. The quantitative estimate of drug-likeness (QED) is 0.511. The highest BCUT2D eigenvalue weighted by Gasteiger charge is 2.18. The molecule has 0 bridgehead atoms. The Kier molecular flexibility index (Phi) is 6.42. The number of nitrogens with zero attached hydrogens (tertiary/aromatic N) is 4. The third kappa shape index (κ3) is 5.47. The van der Waals surface area contributed by atoms with Gasteiger partial charge in [-0.25, -0.2) is 23.4 Å². The molecule has 0 spiro atoms. The lowest BCUT2D eigenvalue weighted by molar-refractivity contribution is 0.112. The molecule has 0 aliphatic heterocycles. The maximum absolute atomic E-state index is 12.0. The Hall–Kier alpha value is -3.24. The lowest BCUT2D eigenvalue weighted by atomic mass is 10.2. The van der Waals surface area contributed by atoms with Crippen LogP contribution in [0.4, 0.5) is 28.7 Å². The van der Waals surface area contributed by atoms with Gasteiger partial charge in [0.2, 0.25) is 10.0 Å². The van der Waals surface area contributed by atoms with Crippen LogP contribution in [0.15, 0.2) is 36.5 Å². The highest BCUT2D eigenvalue weighted by atomic mass is 35.5. The zero-order valence-electron chi connectivity index (χ0n) is 17.3. The fourth-order valence-corrected chi connectivity index (χ4v) is 3.52. The van der Waals surface area contributed by atoms with Gasteiger partial charge in [-0.1, -0.05) is 11.6 Å². The Bertz CT molecular complexity index is 1230. The van der Waals surface area contributed by atoms with Crippen LogP contribution in [0.5, 0.6) is 0 Å². The van der Waals surface area contributed by atoms with E-state index in [0.29, 0.717) is 51.4 Å². The molecule has 9 nitrogen and oxygen atoms in total. The van der Waals surface area contributed by atoms with Crippen molar-refractivity contribution in [3.63, 3.8) is 0 Å². The number of carbonyl (C=O) groups is 1. The number of halogens is 1. The van der Waals surface area contributed by atoms with Crippen LogP contribution in [-0.2, 0) is 10.0 Å². The summed E-state index contributed by atoms with van der Waals surface area (Å²) in [6.07, 6.45) is 3.16. The molecule has 0 aliphatic carbocycles. The number of benzene rings is 1. The van der Waals surface area contributed by atoms with E-state index in [1.165, 1.54) is 19.3 Å². The molecule has 2 aromatic heterocycles. The number of aryl methyl sites for hydroxylation is 2. The van der Waals surface area contributed by atoms with Crippen LogP contribution in [0.1, 0.15) is 21.9 Å². The number of aldehydes is 1. The first-order valence-corrected chi connectivity index (χ1v) is 11.3. The third-order valence-corrected chi connectivity index (χ3v) is 5.78. The number of hydrogen-bond donors (Lipinski definition) is 2. The summed E-state index contributed by atoms with van der Waals surface area (Å²) in [7, 11) is -2.11. The number of sulfonamides is 1. The van der Waals surface area contributed by atoms with E-state index in [1.54, 1.807) is 31.2 Å². The first-order valence-electron chi connectivity index (χ1n) is 9.12. The molecule has 0 fully saturated rings. The average molecular weight is 461 g/mol. The molecule has 3 aromatic rings. The number of aromatic nitrogens is 3. The molecule has 0 aliphatic rings. The second-order valence-corrected chi connectivity index (χ2v) is 9.31. The van der Waals surface area contributed by atoms with Gasteiger partial charge >= 0.3 is 0 Å². The summed E-state index contributed by atoms with van der Waals surface area (Å²) >= 11 is 6.08. The zero-order chi connectivity index (χ0) is 22.8. The summed E-state index contributed by atoms with van der Waals surface area (Å²) in [5.74, 6) is 1.61. The molecule has 0 saturated heterocycles. The van der Waals surface area contributed by atoms with Crippen molar-refractivity contribution in [2.45, 2.75) is 13.8 Å². The monoisotopic (exact) mass is 460 g/mol. The molecule has 1 aromatic carbocycles. The number of anilines is 5. The standard InChI is InChI=1S/C20H21ClN6O3S/c1-12-7-20(24-13(2)23-12)26-19-9-17(14(11-28)10-22-19)25-16-6-5-15(21)8-18(16)27(3)31(4,29)30/h5-11H,1-4H3,(H2,22,23,24,25,26). The fourth-order valence-electron chi connectivity index (χ4n) is 2.84. The SMILES string of the molecule is Cc1cc(Nc2cc(Nc3ccc(Cl)cc3N(C)S(C)(=O)=O)c(C=O)cn2)nc(C)n1. The molecule has 0 unspecified atom stereocenters. The van der Waals surface area contributed by atoms with Crippen LogP contribution in [-0.4, -0.2) is 43.0 Å². The van der Waals surface area contributed by atoms with E-state index in [4.69, 9.17) is 11.6 Å². The summed E-state index contributed by atoms with van der Waals surface area (Å²) in [6.45, 7) is 3.64. The van der Waals surface area contributed by atoms with Gasteiger partial charge in [-0.2, -0.15) is 0 Å². The average Bonchev–Trinajstić information content (AvgIpc) is 2.67. The smallest absolute Gasteiger partial charge is 0.232 e. The summed E-state index contributed by atoms with van der Waals surface area (Å²) in [5, 5.41) is 6.57. The molecule has 2 heterocycles. The van der Waals surface area contributed by atoms with Crippen molar-refractivity contribution in [3.05, 3.63) is 58.6 Å². The number of nitrogens with one attached hydrogen (secondary N) is 2. The number of rotatable bonds is 7. The zero-order valence-corrected chi connectivity index (χ0v) is 18.9. The van der Waals surface area contributed by atoms with E-state index >= 15 is 0 Å². The Morgan fingerprint density at radius 1 is 1.03 bits per heavy atom. The van der Waals surface area contributed by atoms with Gasteiger partial charge in [-0.05, 0) is 32.0 Å². The lowest BCUT2D eigenvalue weighted by Crippen LogP contribution is -2.25. The normalized spacial score (nSPS) is 11.1. The van der Waals surface area contributed by atoms with E-state index in [0.717, 1.165) is 16.3 Å². The second kappa shape index (κ2) is 8.86. The minimum atomic E-state index is -3.53. The highest BCUT2D eigenvalue weighted by molar-refractivity contribution is 7.92. The van der Waals surface area contributed by atoms with Crippen molar-refractivity contribution in [2.24, 2.45) is 0 Å². The topological polar surface area (TPSA) is 117 Å². The first kappa shape index (κ1) is 22.4.